The monoisotopic (exact) mass is 271 g/mol. The fourth-order valence-electron chi connectivity index (χ4n) is 1.99. The van der Waals surface area contributed by atoms with Gasteiger partial charge in [-0.15, -0.1) is 6.42 Å². The SMILES string of the molecule is C#CCN(CC(=O)O)C(=O)c1nn(C)c2ccccc12. The number of aliphatic carboxylic acids is 1. The molecule has 20 heavy (non-hydrogen) atoms. The molecule has 0 bridgehead atoms. The Bertz CT molecular complexity index is 712. The zero-order valence-electron chi connectivity index (χ0n) is 10.9. The Labute approximate surface area is 115 Å². The van der Waals surface area contributed by atoms with Crippen molar-refractivity contribution in [3.05, 3.63) is 30.0 Å². The van der Waals surface area contributed by atoms with Crippen molar-refractivity contribution in [1.82, 2.24) is 14.7 Å². The minimum absolute atomic E-state index is 0.0734. The molecule has 0 aliphatic rings. The molecule has 1 aromatic heterocycles. The maximum absolute atomic E-state index is 12.4. The zero-order valence-corrected chi connectivity index (χ0v) is 10.9. The van der Waals surface area contributed by atoms with Crippen LogP contribution in [0.5, 0.6) is 0 Å². The predicted octanol–water partition coefficient (Wildman–Crippen LogP) is 0.733. The van der Waals surface area contributed by atoms with Crippen LogP contribution >= 0.6 is 0 Å². The Hall–Kier alpha value is -2.81. The smallest absolute Gasteiger partial charge is 0.323 e. The fourth-order valence-corrected chi connectivity index (χ4v) is 1.99. The first-order valence-corrected chi connectivity index (χ1v) is 5.91. The van der Waals surface area contributed by atoms with E-state index in [1.165, 1.54) is 0 Å². The minimum Gasteiger partial charge on any atom is -0.480 e. The summed E-state index contributed by atoms with van der Waals surface area (Å²) in [7, 11) is 1.72. The van der Waals surface area contributed by atoms with E-state index in [-0.39, 0.29) is 12.2 Å². The Balaban J connectivity index is 2.44. The van der Waals surface area contributed by atoms with Gasteiger partial charge in [0.15, 0.2) is 5.69 Å². The van der Waals surface area contributed by atoms with Gasteiger partial charge in [0.2, 0.25) is 0 Å². The Morgan fingerprint density at radius 2 is 2.15 bits per heavy atom. The average Bonchev–Trinajstić information content (AvgIpc) is 2.75. The molecule has 1 aromatic carbocycles. The van der Waals surface area contributed by atoms with Crippen molar-refractivity contribution in [2.75, 3.05) is 13.1 Å². The van der Waals surface area contributed by atoms with E-state index in [0.717, 1.165) is 10.4 Å². The first-order valence-electron chi connectivity index (χ1n) is 5.91. The van der Waals surface area contributed by atoms with Gasteiger partial charge in [0.1, 0.15) is 6.54 Å². The van der Waals surface area contributed by atoms with Crippen LogP contribution in [-0.2, 0) is 11.8 Å². The van der Waals surface area contributed by atoms with Crippen molar-refractivity contribution < 1.29 is 14.7 Å². The summed E-state index contributed by atoms with van der Waals surface area (Å²) < 4.78 is 1.58. The molecule has 0 saturated carbocycles. The third-order valence-corrected chi connectivity index (χ3v) is 2.86. The number of aryl methyl sites for hydroxylation is 1. The topological polar surface area (TPSA) is 75.4 Å². The summed E-state index contributed by atoms with van der Waals surface area (Å²) in [5.41, 5.74) is 1.01. The van der Waals surface area contributed by atoms with Crippen LogP contribution in [0, 0.1) is 12.3 Å². The molecule has 2 aromatic rings. The number of carbonyl (C=O) groups excluding carboxylic acids is 1. The number of terminal acetylenes is 1. The molecule has 1 N–H and O–H groups in total. The van der Waals surface area contributed by atoms with Gasteiger partial charge in [0.25, 0.3) is 5.91 Å². The Morgan fingerprint density at radius 1 is 1.45 bits per heavy atom. The second-order valence-electron chi connectivity index (χ2n) is 4.25. The highest BCUT2D eigenvalue weighted by Crippen LogP contribution is 2.18. The lowest BCUT2D eigenvalue weighted by Crippen LogP contribution is -2.36. The highest BCUT2D eigenvalue weighted by atomic mass is 16.4. The third-order valence-electron chi connectivity index (χ3n) is 2.86. The van der Waals surface area contributed by atoms with E-state index >= 15 is 0 Å². The van der Waals surface area contributed by atoms with Gasteiger partial charge in [-0.2, -0.15) is 5.10 Å². The van der Waals surface area contributed by atoms with E-state index in [1.807, 2.05) is 12.1 Å². The molecule has 0 spiro atoms. The summed E-state index contributed by atoms with van der Waals surface area (Å²) in [5, 5.41) is 13.7. The number of rotatable bonds is 4. The van der Waals surface area contributed by atoms with Gasteiger partial charge < -0.3 is 10.0 Å². The highest BCUT2D eigenvalue weighted by Gasteiger charge is 2.23. The number of carbonyl (C=O) groups is 2. The van der Waals surface area contributed by atoms with Crippen molar-refractivity contribution in [3.63, 3.8) is 0 Å². The number of aromatic nitrogens is 2. The second-order valence-corrected chi connectivity index (χ2v) is 4.25. The number of hydrogen-bond acceptors (Lipinski definition) is 3. The number of hydrogen-bond donors (Lipinski definition) is 1. The van der Waals surface area contributed by atoms with Crippen LogP contribution in [0.15, 0.2) is 24.3 Å². The maximum atomic E-state index is 12.4. The second kappa shape index (κ2) is 5.45. The summed E-state index contributed by atoms with van der Waals surface area (Å²) in [5.74, 6) is 0.685. The molecule has 6 nitrogen and oxygen atoms in total. The van der Waals surface area contributed by atoms with E-state index in [9.17, 15) is 9.59 Å². The van der Waals surface area contributed by atoms with E-state index in [0.29, 0.717) is 5.39 Å². The summed E-state index contributed by atoms with van der Waals surface area (Å²) in [4.78, 5) is 24.3. The molecule has 0 radical (unpaired) electrons. The van der Waals surface area contributed by atoms with Crippen molar-refractivity contribution >= 4 is 22.8 Å². The van der Waals surface area contributed by atoms with E-state index in [1.54, 1.807) is 23.9 Å². The lowest BCUT2D eigenvalue weighted by atomic mass is 10.2. The zero-order chi connectivity index (χ0) is 14.7. The molecule has 2 rings (SSSR count). The maximum Gasteiger partial charge on any atom is 0.323 e. The molecule has 102 valence electrons. The molecule has 0 fully saturated rings. The molecule has 6 heteroatoms. The van der Waals surface area contributed by atoms with Crippen molar-refractivity contribution in [3.8, 4) is 12.3 Å². The quantitative estimate of drug-likeness (QED) is 0.832. The van der Waals surface area contributed by atoms with Gasteiger partial charge in [0, 0.05) is 12.4 Å². The van der Waals surface area contributed by atoms with Crippen LogP contribution in [0.2, 0.25) is 0 Å². The average molecular weight is 271 g/mol. The molecular weight excluding hydrogens is 258 g/mol. The van der Waals surface area contributed by atoms with Gasteiger partial charge in [-0.3, -0.25) is 14.3 Å². The summed E-state index contributed by atoms with van der Waals surface area (Å²) in [6.45, 7) is -0.524. The van der Waals surface area contributed by atoms with Crippen LogP contribution in [-0.4, -0.2) is 44.8 Å². The van der Waals surface area contributed by atoms with E-state index in [4.69, 9.17) is 11.5 Å². The molecular formula is C14H13N3O3. The summed E-state index contributed by atoms with van der Waals surface area (Å²) in [6.07, 6.45) is 5.18. The van der Waals surface area contributed by atoms with Crippen LogP contribution in [0.1, 0.15) is 10.5 Å². The molecule has 0 aliphatic heterocycles. The predicted molar refractivity (Wildman–Crippen MR) is 73.1 cm³/mol. The van der Waals surface area contributed by atoms with E-state index in [2.05, 4.69) is 11.0 Å². The number of nitrogens with zero attached hydrogens (tertiary/aromatic N) is 3. The molecule has 1 heterocycles. The first kappa shape index (κ1) is 13.6. The van der Waals surface area contributed by atoms with Crippen LogP contribution in [0.25, 0.3) is 10.9 Å². The Kier molecular flexibility index (Phi) is 3.71. The van der Waals surface area contributed by atoms with Gasteiger partial charge in [-0.25, -0.2) is 0 Å². The number of carboxylic acid groups (broad SMARTS) is 1. The van der Waals surface area contributed by atoms with Gasteiger partial charge in [-0.05, 0) is 6.07 Å². The lowest BCUT2D eigenvalue weighted by Gasteiger charge is -2.16. The number of fused-ring (bicyclic) bond motifs is 1. The minimum atomic E-state index is -1.12. The number of benzene rings is 1. The molecule has 0 atom stereocenters. The van der Waals surface area contributed by atoms with E-state index < -0.39 is 18.4 Å². The number of para-hydroxylation sites is 1. The summed E-state index contributed by atoms with van der Waals surface area (Å²) in [6, 6.07) is 7.24. The molecule has 0 saturated heterocycles. The van der Waals surface area contributed by atoms with Gasteiger partial charge in [-0.1, -0.05) is 24.1 Å². The van der Waals surface area contributed by atoms with Crippen molar-refractivity contribution in [2.24, 2.45) is 7.05 Å². The standard InChI is InChI=1S/C14H13N3O3/c1-3-8-17(9-12(18)19)14(20)13-10-6-4-5-7-11(10)16(2)15-13/h1,4-7H,8-9H2,2H3,(H,18,19). The number of amides is 1. The highest BCUT2D eigenvalue weighted by molar-refractivity contribution is 6.05. The van der Waals surface area contributed by atoms with Gasteiger partial charge >= 0.3 is 5.97 Å². The largest absolute Gasteiger partial charge is 0.480 e. The van der Waals surface area contributed by atoms with Crippen LogP contribution in [0.4, 0.5) is 0 Å². The molecule has 0 aliphatic carbocycles. The van der Waals surface area contributed by atoms with Crippen molar-refractivity contribution in [1.29, 1.82) is 0 Å². The lowest BCUT2D eigenvalue weighted by molar-refractivity contribution is -0.137. The molecule has 0 unspecified atom stereocenters. The molecule has 1 amide bonds. The van der Waals surface area contributed by atoms with Crippen LogP contribution in [0.3, 0.4) is 0 Å². The summed E-state index contributed by atoms with van der Waals surface area (Å²) >= 11 is 0. The third kappa shape index (κ3) is 2.47. The first-order chi connectivity index (χ1) is 9.54. The number of carboxylic acids is 1. The van der Waals surface area contributed by atoms with Crippen LogP contribution < -0.4 is 0 Å². The normalized spacial score (nSPS) is 10.2. The van der Waals surface area contributed by atoms with Crippen molar-refractivity contribution in [2.45, 2.75) is 0 Å². The van der Waals surface area contributed by atoms with Gasteiger partial charge in [0.05, 0.1) is 12.1 Å². The Morgan fingerprint density at radius 3 is 2.80 bits per heavy atom. The fraction of sp³-hybridized carbons (Fsp3) is 0.214.